The maximum atomic E-state index is 11.5. The lowest BCUT2D eigenvalue weighted by Crippen LogP contribution is -2.28. The number of hydrogen-bond donors (Lipinski definition) is 2. The van der Waals surface area contributed by atoms with Crippen molar-refractivity contribution in [3.8, 4) is 0 Å². The molecule has 1 amide bonds. The van der Waals surface area contributed by atoms with E-state index in [1.54, 1.807) is 0 Å². The van der Waals surface area contributed by atoms with Crippen molar-refractivity contribution in [2.75, 3.05) is 39.5 Å². The molecule has 136 valence electrons. The van der Waals surface area contributed by atoms with Gasteiger partial charge in [-0.2, -0.15) is 0 Å². The molecular weight excluding hydrogens is 296 g/mol. The number of hydrogen-bond acceptors (Lipinski definition) is 5. The van der Waals surface area contributed by atoms with Crippen LogP contribution < -0.4 is 10.6 Å². The monoisotopic (exact) mass is 330 g/mol. The van der Waals surface area contributed by atoms with Gasteiger partial charge in [-0.15, -0.1) is 0 Å². The maximum absolute atomic E-state index is 11.5. The van der Waals surface area contributed by atoms with E-state index < -0.39 is 0 Å². The molecule has 0 fully saturated rings. The molecule has 0 aliphatic rings. The molecule has 0 heterocycles. The normalized spacial score (nSPS) is 11.2. The van der Waals surface area contributed by atoms with Crippen molar-refractivity contribution < 1.29 is 19.1 Å². The first-order valence-corrected chi connectivity index (χ1v) is 8.61. The minimum Gasteiger partial charge on any atom is -0.378 e. The van der Waals surface area contributed by atoms with E-state index in [4.69, 9.17) is 9.47 Å². The summed E-state index contributed by atoms with van der Waals surface area (Å²) in [5.41, 5.74) is 0. The molecule has 0 unspecified atom stereocenters. The lowest BCUT2D eigenvalue weighted by molar-refractivity contribution is -0.123. The van der Waals surface area contributed by atoms with Crippen molar-refractivity contribution in [3.05, 3.63) is 0 Å². The quantitative estimate of drug-likeness (QED) is 0.445. The maximum Gasteiger partial charge on any atom is 0.220 e. The summed E-state index contributed by atoms with van der Waals surface area (Å²) in [4.78, 5) is 23.0. The van der Waals surface area contributed by atoms with E-state index >= 15 is 0 Å². The molecule has 0 bridgehead atoms. The van der Waals surface area contributed by atoms with Crippen LogP contribution in [-0.2, 0) is 19.1 Å². The van der Waals surface area contributed by atoms with Crippen LogP contribution in [0, 0.1) is 5.92 Å². The molecule has 0 saturated carbocycles. The highest BCUT2D eigenvalue weighted by atomic mass is 16.5. The van der Waals surface area contributed by atoms with Crippen LogP contribution in [0.15, 0.2) is 0 Å². The molecule has 0 aliphatic heterocycles. The number of nitrogens with one attached hydrogen (secondary N) is 2. The number of rotatable bonds is 15. The third-order valence-corrected chi connectivity index (χ3v) is 3.21. The van der Waals surface area contributed by atoms with E-state index in [-0.39, 0.29) is 17.6 Å². The van der Waals surface area contributed by atoms with E-state index in [9.17, 15) is 9.59 Å². The van der Waals surface area contributed by atoms with Crippen LogP contribution in [-0.4, -0.2) is 57.2 Å². The van der Waals surface area contributed by atoms with Crippen LogP contribution in [0.1, 0.15) is 47.0 Å². The fourth-order valence-corrected chi connectivity index (χ4v) is 1.80. The Balaban J connectivity index is 3.28. The van der Waals surface area contributed by atoms with Crippen LogP contribution in [0.2, 0.25) is 0 Å². The van der Waals surface area contributed by atoms with Gasteiger partial charge in [-0.3, -0.25) is 9.59 Å². The third kappa shape index (κ3) is 15.7. The molecule has 0 spiro atoms. The predicted molar refractivity (Wildman–Crippen MR) is 91.5 cm³/mol. The zero-order valence-electron chi connectivity index (χ0n) is 15.2. The minimum atomic E-state index is -0.0267. The molecule has 0 radical (unpaired) electrons. The second kappa shape index (κ2) is 14.6. The van der Waals surface area contributed by atoms with E-state index in [0.717, 1.165) is 6.54 Å². The van der Waals surface area contributed by atoms with E-state index in [0.29, 0.717) is 58.3 Å². The first-order chi connectivity index (χ1) is 10.9. The number of ketones is 1. The van der Waals surface area contributed by atoms with Gasteiger partial charge in [-0.25, -0.2) is 0 Å². The summed E-state index contributed by atoms with van der Waals surface area (Å²) in [5.74, 6) is 0.237. The Bertz CT molecular complexity index is 320. The van der Waals surface area contributed by atoms with Crippen LogP contribution in [0.3, 0.4) is 0 Å². The highest BCUT2D eigenvalue weighted by molar-refractivity contribution is 5.81. The molecule has 0 rings (SSSR count). The molecule has 6 heteroatoms. The smallest absolute Gasteiger partial charge is 0.220 e. The molecule has 0 saturated heterocycles. The van der Waals surface area contributed by atoms with Gasteiger partial charge in [-0.1, -0.05) is 27.7 Å². The fourth-order valence-electron chi connectivity index (χ4n) is 1.80. The average molecular weight is 330 g/mol. The summed E-state index contributed by atoms with van der Waals surface area (Å²) in [6, 6.07) is 0.474. The SMILES string of the molecule is CC(C)NCCOCCOCCNC(=O)CCCC(=O)C(C)C. The first kappa shape index (κ1) is 22.0. The van der Waals surface area contributed by atoms with Crippen LogP contribution in [0.25, 0.3) is 0 Å². The standard InChI is InChI=1S/C17H34N2O4/c1-14(2)16(20)6-5-7-17(21)19-9-11-23-13-12-22-10-8-18-15(3)4/h14-15,18H,5-13H2,1-4H3,(H,19,21). The van der Waals surface area contributed by atoms with Crippen molar-refractivity contribution in [2.45, 2.75) is 53.0 Å². The lowest BCUT2D eigenvalue weighted by atomic mass is 10.0. The highest BCUT2D eigenvalue weighted by Gasteiger charge is 2.08. The average Bonchev–Trinajstić information content (AvgIpc) is 2.48. The van der Waals surface area contributed by atoms with Gasteiger partial charge in [-0.05, 0) is 6.42 Å². The molecule has 23 heavy (non-hydrogen) atoms. The van der Waals surface area contributed by atoms with Crippen molar-refractivity contribution >= 4 is 11.7 Å². The molecular formula is C17H34N2O4. The Morgan fingerprint density at radius 1 is 0.870 bits per heavy atom. The fraction of sp³-hybridized carbons (Fsp3) is 0.882. The number of Topliss-reactive ketones (excluding diaryl/α,β-unsaturated/α-hetero) is 1. The van der Waals surface area contributed by atoms with Gasteiger partial charge >= 0.3 is 0 Å². The van der Waals surface area contributed by atoms with Crippen molar-refractivity contribution in [3.63, 3.8) is 0 Å². The largest absolute Gasteiger partial charge is 0.378 e. The summed E-state index contributed by atoms with van der Waals surface area (Å²) >= 11 is 0. The van der Waals surface area contributed by atoms with Gasteiger partial charge in [0.2, 0.25) is 5.91 Å². The van der Waals surface area contributed by atoms with Crippen molar-refractivity contribution in [1.29, 1.82) is 0 Å². The van der Waals surface area contributed by atoms with Crippen LogP contribution >= 0.6 is 0 Å². The summed E-state index contributed by atoms with van der Waals surface area (Å²) in [5, 5.41) is 6.05. The summed E-state index contributed by atoms with van der Waals surface area (Å²) < 4.78 is 10.8. The van der Waals surface area contributed by atoms with Gasteiger partial charge in [0.1, 0.15) is 5.78 Å². The van der Waals surface area contributed by atoms with Crippen molar-refractivity contribution in [2.24, 2.45) is 5.92 Å². The molecule has 0 aromatic rings. The molecule has 0 atom stereocenters. The lowest BCUT2D eigenvalue weighted by Gasteiger charge is -2.09. The van der Waals surface area contributed by atoms with Gasteiger partial charge in [0, 0.05) is 37.9 Å². The Labute approximate surface area is 140 Å². The second-order valence-corrected chi connectivity index (χ2v) is 6.16. The number of amides is 1. The zero-order chi connectivity index (χ0) is 17.5. The van der Waals surface area contributed by atoms with Crippen molar-refractivity contribution in [1.82, 2.24) is 10.6 Å². The Morgan fingerprint density at radius 3 is 2.04 bits per heavy atom. The predicted octanol–water partition coefficient (Wildman–Crippen LogP) is 1.53. The highest BCUT2D eigenvalue weighted by Crippen LogP contribution is 2.03. The number of ether oxygens (including phenoxy) is 2. The molecule has 2 N–H and O–H groups in total. The van der Waals surface area contributed by atoms with E-state index in [2.05, 4.69) is 24.5 Å². The van der Waals surface area contributed by atoms with E-state index in [1.165, 1.54) is 0 Å². The number of carbonyl (C=O) groups is 2. The zero-order valence-corrected chi connectivity index (χ0v) is 15.2. The summed E-state index contributed by atoms with van der Waals surface area (Å²) in [7, 11) is 0. The third-order valence-electron chi connectivity index (χ3n) is 3.21. The van der Waals surface area contributed by atoms with Gasteiger partial charge in [0.15, 0.2) is 0 Å². The molecule has 0 aromatic carbocycles. The second-order valence-electron chi connectivity index (χ2n) is 6.16. The Morgan fingerprint density at radius 2 is 1.48 bits per heavy atom. The van der Waals surface area contributed by atoms with Gasteiger partial charge in [0.05, 0.1) is 26.4 Å². The minimum absolute atomic E-state index is 0.0267. The topological polar surface area (TPSA) is 76.7 Å². The molecule has 0 aliphatic carbocycles. The van der Waals surface area contributed by atoms with E-state index in [1.807, 2.05) is 13.8 Å². The summed E-state index contributed by atoms with van der Waals surface area (Å²) in [6.45, 7) is 11.5. The molecule has 6 nitrogen and oxygen atoms in total. The Hall–Kier alpha value is -0.980. The van der Waals surface area contributed by atoms with Crippen LogP contribution in [0.4, 0.5) is 0 Å². The number of carbonyl (C=O) groups excluding carboxylic acids is 2. The molecule has 0 aromatic heterocycles. The van der Waals surface area contributed by atoms with Gasteiger partial charge in [0.25, 0.3) is 0 Å². The summed E-state index contributed by atoms with van der Waals surface area (Å²) in [6.07, 6.45) is 1.48. The van der Waals surface area contributed by atoms with Gasteiger partial charge < -0.3 is 20.1 Å². The first-order valence-electron chi connectivity index (χ1n) is 8.61. The Kier molecular flexibility index (Phi) is 14.0. The van der Waals surface area contributed by atoms with Crippen LogP contribution in [0.5, 0.6) is 0 Å².